The Morgan fingerprint density at radius 3 is 2.75 bits per heavy atom. The second kappa shape index (κ2) is 8.47. The van der Waals surface area contributed by atoms with Crippen LogP contribution in [-0.4, -0.2) is 55.4 Å². The summed E-state index contributed by atoms with van der Waals surface area (Å²) >= 11 is 5.83. The normalized spacial score (nSPS) is 18.6. The zero-order chi connectivity index (χ0) is 14.2. The Hall–Kier alpha value is -0.810. The molecular formula is C15H23ClN2O2. The molecule has 112 valence electrons. The summed E-state index contributed by atoms with van der Waals surface area (Å²) in [6, 6.07) is 7.95. The smallest absolute Gasteiger partial charge is 0.119 e. The molecule has 4 nitrogen and oxygen atoms in total. The van der Waals surface area contributed by atoms with Gasteiger partial charge in [0.05, 0.1) is 6.61 Å². The molecule has 0 bridgehead atoms. The monoisotopic (exact) mass is 298 g/mol. The van der Waals surface area contributed by atoms with Crippen LogP contribution >= 0.6 is 11.6 Å². The summed E-state index contributed by atoms with van der Waals surface area (Å²) in [7, 11) is 0. The zero-order valence-electron chi connectivity index (χ0n) is 11.7. The van der Waals surface area contributed by atoms with Crippen LogP contribution in [0.15, 0.2) is 24.3 Å². The molecule has 1 aliphatic rings. The molecule has 5 heteroatoms. The lowest BCUT2D eigenvalue weighted by Gasteiger charge is -2.24. The van der Waals surface area contributed by atoms with Crippen LogP contribution in [-0.2, 0) is 0 Å². The first kappa shape index (κ1) is 15.6. The van der Waals surface area contributed by atoms with E-state index < -0.39 is 0 Å². The van der Waals surface area contributed by atoms with Crippen molar-refractivity contribution in [1.29, 1.82) is 0 Å². The molecule has 0 aliphatic carbocycles. The van der Waals surface area contributed by atoms with Crippen molar-refractivity contribution in [1.82, 2.24) is 10.2 Å². The second-order valence-corrected chi connectivity index (χ2v) is 5.56. The average Bonchev–Trinajstić information content (AvgIpc) is 2.94. The summed E-state index contributed by atoms with van der Waals surface area (Å²) in [6.07, 6.45) is 2.47. The van der Waals surface area contributed by atoms with E-state index in [-0.39, 0.29) is 6.61 Å². The molecule has 1 aromatic rings. The molecule has 2 N–H and O–H groups in total. The van der Waals surface area contributed by atoms with Gasteiger partial charge in [-0.2, -0.15) is 0 Å². The van der Waals surface area contributed by atoms with E-state index in [2.05, 4.69) is 10.2 Å². The largest absolute Gasteiger partial charge is 0.492 e. The minimum Gasteiger partial charge on any atom is -0.492 e. The van der Waals surface area contributed by atoms with Crippen molar-refractivity contribution in [3.8, 4) is 5.75 Å². The highest BCUT2D eigenvalue weighted by atomic mass is 35.5. The van der Waals surface area contributed by atoms with Gasteiger partial charge in [-0.25, -0.2) is 0 Å². The van der Waals surface area contributed by atoms with Gasteiger partial charge in [0.2, 0.25) is 0 Å². The van der Waals surface area contributed by atoms with E-state index in [9.17, 15) is 0 Å². The molecular weight excluding hydrogens is 276 g/mol. The molecule has 0 amide bonds. The van der Waals surface area contributed by atoms with Crippen LogP contribution in [0.4, 0.5) is 0 Å². The Balaban J connectivity index is 1.72. The molecule has 0 saturated carbocycles. The summed E-state index contributed by atoms with van der Waals surface area (Å²) in [5.74, 6) is 0.831. The van der Waals surface area contributed by atoms with Crippen LogP contribution in [0.2, 0.25) is 5.02 Å². The van der Waals surface area contributed by atoms with Gasteiger partial charge in [0, 0.05) is 30.7 Å². The minimum absolute atomic E-state index is 0.188. The Morgan fingerprint density at radius 1 is 1.30 bits per heavy atom. The molecule has 0 aromatic heterocycles. The SMILES string of the molecule is OCCN(CCOc1ccc(Cl)cc1)CC1CCCN1. The van der Waals surface area contributed by atoms with Crippen molar-refractivity contribution in [3.05, 3.63) is 29.3 Å². The lowest BCUT2D eigenvalue weighted by molar-refractivity contribution is 0.159. The molecule has 1 unspecified atom stereocenters. The lowest BCUT2D eigenvalue weighted by Crippen LogP contribution is -2.40. The fraction of sp³-hybridized carbons (Fsp3) is 0.600. The van der Waals surface area contributed by atoms with Crippen molar-refractivity contribution in [3.63, 3.8) is 0 Å². The van der Waals surface area contributed by atoms with Gasteiger partial charge in [-0.3, -0.25) is 4.90 Å². The topological polar surface area (TPSA) is 44.7 Å². The van der Waals surface area contributed by atoms with Crippen molar-refractivity contribution in [2.24, 2.45) is 0 Å². The number of nitrogens with zero attached hydrogens (tertiary/aromatic N) is 1. The molecule has 1 fully saturated rings. The van der Waals surface area contributed by atoms with Crippen molar-refractivity contribution >= 4 is 11.6 Å². The summed E-state index contributed by atoms with van der Waals surface area (Å²) < 4.78 is 5.70. The summed E-state index contributed by atoms with van der Waals surface area (Å²) in [4.78, 5) is 2.25. The predicted octanol–water partition coefficient (Wildman–Crippen LogP) is 1.77. The van der Waals surface area contributed by atoms with E-state index in [1.807, 2.05) is 24.3 Å². The fourth-order valence-corrected chi connectivity index (χ4v) is 2.61. The molecule has 1 aromatic carbocycles. The van der Waals surface area contributed by atoms with E-state index in [1.165, 1.54) is 12.8 Å². The highest BCUT2D eigenvalue weighted by Crippen LogP contribution is 2.15. The fourth-order valence-electron chi connectivity index (χ4n) is 2.48. The Kier molecular flexibility index (Phi) is 6.60. The Bertz CT molecular complexity index is 380. The van der Waals surface area contributed by atoms with E-state index in [4.69, 9.17) is 21.4 Å². The molecule has 20 heavy (non-hydrogen) atoms. The van der Waals surface area contributed by atoms with Gasteiger partial charge in [0.15, 0.2) is 0 Å². The van der Waals surface area contributed by atoms with E-state index in [1.54, 1.807) is 0 Å². The van der Waals surface area contributed by atoms with Crippen molar-refractivity contribution in [2.75, 3.05) is 39.4 Å². The third-order valence-electron chi connectivity index (χ3n) is 3.55. The van der Waals surface area contributed by atoms with Gasteiger partial charge in [0.1, 0.15) is 12.4 Å². The van der Waals surface area contributed by atoms with E-state index >= 15 is 0 Å². The molecule has 0 spiro atoms. The first-order valence-corrected chi connectivity index (χ1v) is 7.60. The number of aliphatic hydroxyl groups is 1. The van der Waals surface area contributed by atoms with E-state index in [0.717, 1.165) is 25.4 Å². The molecule has 1 aliphatic heterocycles. The average molecular weight is 299 g/mol. The maximum Gasteiger partial charge on any atom is 0.119 e. The van der Waals surface area contributed by atoms with Gasteiger partial charge in [0.25, 0.3) is 0 Å². The zero-order valence-corrected chi connectivity index (χ0v) is 12.5. The van der Waals surface area contributed by atoms with Crippen LogP contribution in [0.3, 0.4) is 0 Å². The Morgan fingerprint density at radius 2 is 2.10 bits per heavy atom. The third kappa shape index (κ3) is 5.29. The van der Waals surface area contributed by atoms with Crippen LogP contribution in [0.5, 0.6) is 5.75 Å². The van der Waals surface area contributed by atoms with Gasteiger partial charge in [-0.05, 0) is 43.7 Å². The summed E-state index contributed by atoms with van der Waals surface area (Å²) in [5, 5.41) is 13.3. The van der Waals surface area contributed by atoms with Crippen molar-refractivity contribution < 1.29 is 9.84 Å². The lowest BCUT2D eigenvalue weighted by atomic mass is 10.2. The summed E-state index contributed by atoms with van der Waals surface area (Å²) in [6.45, 7) is 4.41. The number of ether oxygens (including phenoxy) is 1. The minimum atomic E-state index is 0.188. The van der Waals surface area contributed by atoms with Gasteiger partial charge < -0.3 is 15.2 Å². The summed E-state index contributed by atoms with van der Waals surface area (Å²) in [5.41, 5.74) is 0. The number of halogens is 1. The van der Waals surface area contributed by atoms with Crippen LogP contribution in [0.25, 0.3) is 0 Å². The standard InChI is InChI=1S/C15H23ClN2O2/c16-13-3-5-15(6-4-13)20-11-9-18(8-10-19)12-14-2-1-7-17-14/h3-6,14,17,19H,1-2,7-12H2. The van der Waals surface area contributed by atoms with Gasteiger partial charge in [-0.15, -0.1) is 0 Å². The first-order valence-electron chi connectivity index (χ1n) is 7.23. The van der Waals surface area contributed by atoms with E-state index in [0.29, 0.717) is 24.2 Å². The number of aliphatic hydroxyl groups excluding tert-OH is 1. The highest BCUT2D eigenvalue weighted by Gasteiger charge is 2.17. The number of benzene rings is 1. The quantitative estimate of drug-likeness (QED) is 0.768. The van der Waals surface area contributed by atoms with Crippen LogP contribution < -0.4 is 10.1 Å². The predicted molar refractivity (Wildman–Crippen MR) is 81.5 cm³/mol. The first-order chi connectivity index (χ1) is 9.78. The molecule has 1 heterocycles. The molecule has 2 rings (SSSR count). The molecule has 0 radical (unpaired) electrons. The number of nitrogens with one attached hydrogen (secondary N) is 1. The second-order valence-electron chi connectivity index (χ2n) is 5.12. The van der Waals surface area contributed by atoms with Crippen LogP contribution in [0.1, 0.15) is 12.8 Å². The van der Waals surface area contributed by atoms with Gasteiger partial charge in [-0.1, -0.05) is 11.6 Å². The number of hydrogen-bond acceptors (Lipinski definition) is 4. The maximum absolute atomic E-state index is 9.14. The highest BCUT2D eigenvalue weighted by molar-refractivity contribution is 6.30. The third-order valence-corrected chi connectivity index (χ3v) is 3.80. The van der Waals surface area contributed by atoms with Crippen molar-refractivity contribution in [2.45, 2.75) is 18.9 Å². The van der Waals surface area contributed by atoms with Crippen LogP contribution in [0, 0.1) is 0 Å². The molecule has 1 atom stereocenters. The maximum atomic E-state index is 9.14. The number of rotatable bonds is 8. The Labute approximate surface area is 125 Å². The molecule has 1 saturated heterocycles. The van der Waals surface area contributed by atoms with Gasteiger partial charge >= 0.3 is 0 Å². The number of hydrogen-bond donors (Lipinski definition) is 2.